The first kappa shape index (κ1) is 18.0. The van der Waals surface area contributed by atoms with Gasteiger partial charge in [-0.1, -0.05) is 6.92 Å². The third kappa shape index (κ3) is 3.19. The molecule has 4 rings (SSSR count). The van der Waals surface area contributed by atoms with E-state index in [4.69, 9.17) is 9.47 Å². The summed E-state index contributed by atoms with van der Waals surface area (Å²) in [6.45, 7) is 4.04. The van der Waals surface area contributed by atoms with Crippen LogP contribution in [0.15, 0.2) is 53.5 Å². The minimum absolute atomic E-state index is 0.123. The number of fused-ring (bicyclic) bond motifs is 3. The van der Waals surface area contributed by atoms with Gasteiger partial charge in [-0.05, 0) is 30.7 Å². The van der Waals surface area contributed by atoms with E-state index in [1.165, 1.54) is 0 Å². The van der Waals surface area contributed by atoms with Gasteiger partial charge in [0, 0.05) is 36.1 Å². The Morgan fingerprint density at radius 2 is 2.25 bits per heavy atom. The minimum atomic E-state index is -0.123. The molecule has 144 valence electrons. The molecule has 0 saturated carbocycles. The van der Waals surface area contributed by atoms with Gasteiger partial charge in [0.05, 0.1) is 25.9 Å². The summed E-state index contributed by atoms with van der Waals surface area (Å²) in [7, 11) is 1.61. The number of carbonyl (C=O) groups excluding carboxylic acids is 1. The van der Waals surface area contributed by atoms with E-state index < -0.39 is 0 Å². The first-order valence-corrected chi connectivity index (χ1v) is 9.32. The number of carbonyl (C=O) groups is 1. The van der Waals surface area contributed by atoms with Gasteiger partial charge in [0.25, 0.3) is 0 Å². The third-order valence-corrected chi connectivity index (χ3v) is 4.63. The van der Waals surface area contributed by atoms with Crippen molar-refractivity contribution in [2.75, 3.05) is 32.1 Å². The van der Waals surface area contributed by atoms with Crippen molar-refractivity contribution in [3.63, 3.8) is 0 Å². The van der Waals surface area contributed by atoms with Gasteiger partial charge in [0.2, 0.25) is 0 Å². The van der Waals surface area contributed by atoms with Crippen LogP contribution in [0.1, 0.15) is 29.3 Å². The van der Waals surface area contributed by atoms with Crippen molar-refractivity contribution in [3.8, 4) is 11.5 Å². The van der Waals surface area contributed by atoms with Crippen LogP contribution in [0, 0.1) is 0 Å². The highest BCUT2D eigenvalue weighted by Crippen LogP contribution is 2.43. The molecule has 1 aromatic carbocycles. The van der Waals surface area contributed by atoms with Crippen molar-refractivity contribution in [1.29, 1.82) is 0 Å². The maximum absolute atomic E-state index is 12.7. The van der Waals surface area contributed by atoms with Gasteiger partial charge in [0.1, 0.15) is 11.7 Å². The van der Waals surface area contributed by atoms with E-state index in [1.54, 1.807) is 37.7 Å². The molecule has 0 aliphatic carbocycles. The smallest absolute Gasteiger partial charge is 0.191 e. The van der Waals surface area contributed by atoms with Gasteiger partial charge in [0.15, 0.2) is 17.3 Å². The quantitative estimate of drug-likeness (QED) is 0.615. The number of nitrogens with zero attached hydrogens (tertiary/aromatic N) is 3. The molecular weight excluding hydrogens is 356 g/mol. The van der Waals surface area contributed by atoms with Crippen LogP contribution in [0.2, 0.25) is 0 Å². The highest BCUT2D eigenvalue weighted by Gasteiger charge is 2.32. The Kier molecular flexibility index (Phi) is 4.97. The molecule has 2 aromatic rings. The Morgan fingerprint density at radius 1 is 1.36 bits per heavy atom. The van der Waals surface area contributed by atoms with Crippen LogP contribution < -0.4 is 14.8 Å². The Labute approximate surface area is 163 Å². The fraction of sp³-hybridized carbons (Fsp3) is 0.286. The number of hydrogen-bond donors (Lipinski definition) is 1. The van der Waals surface area contributed by atoms with Crippen LogP contribution in [-0.2, 0) is 0 Å². The number of allylic oxidation sites excluding steroid dienone is 1. The van der Waals surface area contributed by atoms with E-state index >= 15 is 0 Å². The number of ether oxygens (including phenoxy) is 2. The zero-order valence-electron chi connectivity index (χ0n) is 15.9. The van der Waals surface area contributed by atoms with Gasteiger partial charge in [-0.15, -0.1) is 0 Å². The highest BCUT2D eigenvalue weighted by atomic mass is 16.5. The van der Waals surface area contributed by atoms with Crippen LogP contribution in [0.5, 0.6) is 11.5 Å². The number of benzene rings is 1. The summed E-state index contributed by atoms with van der Waals surface area (Å²) < 4.78 is 11.5. The summed E-state index contributed by atoms with van der Waals surface area (Å²) in [5.41, 5.74) is 2.23. The summed E-state index contributed by atoms with van der Waals surface area (Å²) in [5.74, 6) is 2.66. The van der Waals surface area contributed by atoms with Crippen molar-refractivity contribution < 1.29 is 14.3 Å². The number of anilines is 1. The van der Waals surface area contributed by atoms with Crippen LogP contribution in [0.25, 0.3) is 0 Å². The molecular formula is C21H22N4O3. The van der Waals surface area contributed by atoms with Gasteiger partial charge < -0.3 is 19.7 Å². The van der Waals surface area contributed by atoms with Gasteiger partial charge in [-0.25, -0.2) is 0 Å². The number of amidine groups is 1. The lowest BCUT2D eigenvalue weighted by Gasteiger charge is -2.32. The second-order valence-electron chi connectivity index (χ2n) is 6.49. The van der Waals surface area contributed by atoms with Crippen molar-refractivity contribution in [3.05, 3.63) is 59.7 Å². The number of aliphatic imine (C=N–C) groups is 1. The first-order valence-electron chi connectivity index (χ1n) is 9.32. The van der Waals surface area contributed by atoms with E-state index in [1.807, 2.05) is 17.0 Å². The van der Waals surface area contributed by atoms with Gasteiger partial charge in [-0.2, -0.15) is 0 Å². The Morgan fingerprint density at radius 3 is 3.00 bits per heavy atom. The summed E-state index contributed by atoms with van der Waals surface area (Å²) in [5, 5.41) is 3.37. The molecule has 0 saturated heterocycles. The second kappa shape index (κ2) is 7.72. The highest BCUT2D eigenvalue weighted by molar-refractivity contribution is 6.11. The third-order valence-electron chi connectivity index (χ3n) is 4.63. The SMILES string of the molecule is CCCOc1ccc2c(c1OC)NC(=CC(=O)c1cccnc1)N1CCN=C21. The minimum Gasteiger partial charge on any atom is -0.491 e. The number of ketones is 1. The molecule has 2 aliphatic heterocycles. The topological polar surface area (TPSA) is 76.1 Å². The average molecular weight is 378 g/mol. The fourth-order valence-corrected chi connectivity index (χ4v) is 3.34. The Bertz CT molecular complexity index is 954. The molecule has 7 nitrogen and oxygen atoms in total. The lowest BCUT2D eigenvalue weighted by Crippen LogP contribution is -2.36. The first-order chi connectivity index (χ1) is 13.7. The lowest BCUT2D eigenvalue weighted by molar-refractivity contribution is 0.104. The summed E-state index contributed by atoms with van der Waals surface area (Å²) in [6.07, 6.45) is 5.69. The molecule has 1 aromatic heterocycles. The predicted octanol–water partition coefficient (Wildman–Crippen LogP) is 3.09. The summed E-state index contributed by atoms with van der Waals surface area (Å²) in [4.78, 5) is 23.4. The number of pyridine rings is 1. The fourth-order valence-electron chi connectivity index (χ4n) is 3.34. The number of rotatable bonds is 6. The summed E-state index contributed by atoms with van der Waals surface area (Å²) >= 11 is 0. The number of methoxy groups -OCH3 is 1. The zero-order chi connectivity index (χ0) is 19.5. The van der Waals surface area contributed by atoms with Crippen molar-refractivity contribution in [2.45, 2.75) is 13.3 Å². The molecule has 28 heavy (non-hydrogen) atoms. The molecule has 2 aliphatic rings. The zero-order valence-corrected chi connectivity index (χ0v) is 15.9. The maximum Gasteiger partial charge on any atom is 0.191 e. The number of nitrogens with one attached hydrogen (secondary N) is 1. The second-order valence-corrected chi connectivity index (χ2v) is 6.49. The molecule has 0 amide bonds. The van der Waals surface area contributed by atoms with Crippen molar-refractivity contribution in [1.82, 2.24) is 9.88 Å². The van der Waals surface area contributed by atoms with E-state index in [2.05, 4.69) is 22.2 Å². The molecule has 1 N–H and O–H groups in total. The molecule has 0 bridgehead atoms. The van der Waals surface area contributed by atoms with Crippen LogP contribution in [0.3, 0.4) is 0 Å². The molecule has 0 radical (unpaired) electrons. The van der Waals surface area contributed by atoms with Crippen LogP contribution >= 0.6 is 0 Å². The number of aromatic nitrogens is 1. The largest absolute Gasteiger partial charge is 0.491 e. The van der Waals surface area contributed by atoms with Gasteiger partial charge in [-0.3, -0.25) is 14.8 Å². The van der Waals surface area contributed by atoms with E-state index in [0.29, 0.717) is 42.6 Å². The average Bonchev–Trinajstić information content (AvgIpc) is 3.23. The maximum atomic E-state index is 12.7. The normalized spacial score (nSPS) is 16.1. The molecule has 3 heterocycles. The van der Waals surface area contributed by atoms with E-state index in [-0.39, 0.29) is 5.78 Å². The van der Waals surface area contributed by atoms with Crippen molar-refractivity contribution in [2.24, 2.45) is 4.99 Å². The van der Waals surface area contributed by atoms with E-state index in [0.717, 1.165) is 23.5 Å². The molecule has 0 atom stereocenters. The standard InChI is InChI=1S/C21H22N4O3/c1-3-11-28-17-7-6-15-19(20(17)27-2)24-18(25-10-9-23-21(15)25)12-16(26)14-5-4-8-22-13-14/h4-8,12-13,24H,3,9-11H2,1-2H3. The predicted molar refractivity (Wildman–Crippen MR) is 107 cm³/mol. The van der Waals surface area contributed by atoms with E-state index in [9.17, 15) is 4.79 Å². The Hall–Kier alpha value is -3.35. The Balaban J connectivity index is 1.75. The van der Waals surface area contributed by atoms with Crippen LogP contribution in [-0.4, -0.2) is 48.3 Å². The molecule has 7 heteroatoms. The molecule has 0 fully saturated rings. The number of hydrogen-bond acceptors (Lipinski definition) is 7. The summed E-state index contributed by atoms with van der Waals surface area (Å²) in [6, 6.07) is 7.38. The monoisotopic (exact) mass is 378 g/mol. The molecule has 0 unspecified atom stereocenters. The van der Waals surface area contributed by atoms with Crippen molar-refractivity contribution >= 4 is 17.3 Å². The lowest BCUT2D eigenvalue weighted by atomic mass is 10.1. The molecule has 0 spiro atoms. The van der Waals surface area contributed by atoms with Gasteiger partial charge >= 0.3 is 0 Å². The van der Waals surface area contributed by atoms with Crippen LogP contribution in [0.4, 0.5) is 5.69 Å².